The van der Waals surface area contributed by atoms with E-state index in [1.165, 1.54) is 11.1 Å². The maximum absolute atomic E-state index is 5.89. The van der Waals surface area contributed by atoms with Crippen LogP contribution in [0, 0.1) is 19.8 Å². The molecule has 2 heterocycles. The van der Waals surface area contributed by atoms with Gasteiger partial charge in [-0.05, 0) is 43.5 Å². The minimum Gasteiger partial charge on any atom is -0.492 e. The summed E-state index contributed by atoms with van der Waals surface area (Å²) in [6.07, 6.45) is 4.97. The van der Waals surface area contributed by atoms with Crippen molar-refractivity contribution in [1.82, 2.24) is 14.9 Å². The molecule has 3 rings (SSSR count). The van der Waals surface area contributed by atoms with Gasteiger partial charge in [0.1, 0.15) is 24.3 Å². The van der Waals surface area contributed by atoms with Crippen LogP contribution in [0.5, 0.6) is 5.75 Å². The summed E-state index contributed by atoms with van der Waals surface area (Å²) in [6.45, 7) is 7.42. The maximum atomic E-state index is 5.89. The van der Waals surface area contributed by atoms with Crippen LogP contribution in [0.1, 0.15) is 29.5 Å². The Bertz CT molecular complexity index is 648. The molecule has 1 saturated heterocycles. The second kappa shape index (κ2) is 7.81. The van der Waals surface area contributed by atoms with Gasteiger partial charge in [-0.25, -0.2) is 4.98 Å². The lowest BCUT2D eigenvalue weighted by atomic mass is 10.0. The third-order valence-electron chi connectivity index (χ3n) is 4.48. The van der Waals surface area contributed by atoms with Crippen LogP contribution in [0.3, 0.4) is 0 Å². The largest absolute Gasteiger partial charge is 0.492 e. The number of benzene rings is 1. The molecular weight excluding hydrogens is 302 g/mol. The molecule has 0 spiro atoms. The quantitative estimate of drug-likeness (QED) is 0.794. The Morgan fingerprint density at radius 3 is 2.79 bits per heavy atom. The standard InChI is InChI=1S/C19H27N3O2/c1-14-10-15(2)12-17(11-14)23-9-6-20-13-16-4-8-24-18(16)19-21-5-7-22(19)3/h5,7,10-12,16,18,20H,4,6,8-9,13H2,1-3H3/t16-,18+/m0/s1. The molecule has 0 aliphatic carbocycles. The monoisotopic (exact) mass is 329 g/mol. The number of aryl methyl sites for hydroxylation is 3. The fraction of sp³-hybridized carbons (Fsp3) is 0.526. The summed E-state index contributed by atoms with van der Waals surface area (Å²) >= 11 is 0. The molecule has 5 nitrogen and oxygen atoms in total. The molecule has 0 radical (unpaired) electrons. The Kier molecular flexibility index (Phi) is 5.53. The molecule has 2 aromatic rings. The first-order valence-corrected chi connectivity index (χ1v) is 8.64. The highest BCUT2D eigenvalue weighted by molar-refractivity contribution is 5.32. The number of nitrogens with zero attached hydrogens (tertiary/aromatic N) is 2. The SMILES string of the molecule is Cc1cc(C)cc(OCCNC[C@@H]2CCO[C@H]2c2nccn2C)c1. The van der Waals surface area contributed by atoms with Crippen LogP contribution in [0.4, 0.5) is 0 Å². The van der Waals surface area contributed by atoms with E-state index in [1.807, 2.05) is 24.0 Å². The van der Waals surface area contributed by atoms with Gasteiger partial charge in [0, 0.05) is 45.1 Å². The Morgan fingerprint density at radius 2 is 2.08 bits per heavy atom. The fourth-order valence-electron chi connectivity index (χ4n) is 3.32. The first-order valence-electron chi connectivity index (χ1n) is 8.64. The normalized spacial score (nSPS) is 20.5. The van der Waals surface area contributed by atoms with Gasteiger partial charge in [0.05, 0.1) is 0 Å². The third kappa shape index (κ3) is 4.16. The molecule has 5 heteroatoms. The Labute approximate surface area is 144 Å². The van der Waals surface area contributed by atoms with Crippen LogP contribution in [0.25, 0.3) is 0 Å². The number of hydrogen-bond acceptors (Lipinski definition) is 4. The van der Waals surface area contributed by atoms with Gasteiger partial charge in [-0.1, -0.05) is 6.07 Å². The number of ether oxygens (including phenoxy) is 2. The second-order valence-electron chi connectivity index (χ2n) is 6.61. The average Bonchev–Trinajstić information content (AvgIpc) is 3.14. The lowest BCUT2D eigenvalue weighted by Gasteiger charge is -2.19. The number of nitrogens with one attached hydrogen (secondary N) is 1. The number of imidazole rings is 1. The smallest absolute Gasteiger partial charge is 0.137 e. The highest BCUT2D eigenvalue weighted by Crippen LogP contribution is 2.32. The van der Waals surface area contributed by atoms with Crippen molar-refractivity contribution in [3.8, 4) is 5.75 Å². The van der Waals surface area contributed by atoms with Gasteiger partial charge in [-0.2, -0.15) is 0 Å². The van der Waals surface area contributed by atoms with Crippen LogP contribution in [0.2, 0.25) is 0 Å². The van der Waals surface area contributed by atoms with Crippen molar-refractivity contribution in [2.24, 2.45) is 13.0 Å². The van der Waals surface area contributed by atoms with E-state index in [0.717, 1.165) is 37.7 Å². The molecule has 1 aromatic heterocycles. The fourth-order valence-corrected chi connectivity index (χ4v) is 3.32. The minimum atomic E-state index is 0.0952. The minimum absolute atomic E-state index is 0.0952. The Balaban J connectivity index is 1.42. The maximum Gasteiger partial charge on any atom is 0.137 e. The van der Waals surface area contributed by atoms with Crippen LogP contribution in [0.15, 0.2) is 30.6 Å². The van der Waals surface area contributed by atoms with E-state index < -0.39 is 0 Å². The van der Waals surface area contributed by atoms with Gasteiger partial charge in [0.25, 0.3) is 0 Å². The predicted octanol–water partition coefficient (Wildman–Crippen LogP) is 2.78. The highest BCUT2D eigenvalue weighted by Gasteiger charge is 2.31. The van der Waals surface area contributed by atoms with Gasteiger partial charge in [0.2, 0.25) is 0 Å². The number of aromatic nitrogens is 2. The van der Waals surface area contributed by atoms with Gasteiger partial charge in [-0.3, -0.25) is 0 Å². The van der Waals surface area contributed by atoms with Crippen molar-refractivity contribution < 1.29 is 9.47 Å². The molecule has 1 fully saturated rings. The van der Waals surface area contributed by atoms with E-state index in [0.29, 0.717) is 12.5 Å². The van der Waals surface area contributed by atoms with E-state index >= 15 is 0 Å². The van der Waals surface area contributed by atoms with Crippen molar-refractivity contribution in [3.63, 3.8) is 0 Å². The van der Waals surface area contributed by atoms with E-state index in [4.69, 9.17) is 9.47 Å². The van der Waals surface area contributed by atoms with E-state index in [1.54, 1.807) is 0 Å². The van der Waals surface area contributed by atoms with Crippen molar-refractivity contribution in [2.45, 2.75) is 26.4 Å². The van der Waals surface area contributed by atoms with E-state index in [9.17, 15) is 0 Å². The molecule has 2 atom stereocenters. The van der Waals surface area contributed by atoms with Gasteiger partial charge in [-0.15, -0.1) is 0 Å². The van der Waals surface area contributed by atoms with Crippen molar-refractivity contribution in [1.29, 1.82) is 0 Å². The first-order chi connectivity index (χ1) is 11.6. The molecule has 1 aliphatic heterocycles. The van der Waals surface area contributed by atoms with Crippen LogP contribution >= 0.6 is 0 Å². The molecule has 1 N–H and O–H groups in total. The summed E-state index contributed by atoms with van der Waals surface area (Å²) in [5, 5.41) is 3.50. The van der Waals surface area contributed by atoms with Gasteiger partial charge >= 0.3 is 0 Å². The topological polar surface area (TPSA) is 48.3 Å². The van der Waals surface area contributed by atoms with Crippen molar-refractivity contribution >= 4 is 0 Å². The summed E-state index contributed by atoms with van der Waals surface area (Å²) in [6, 6.07) is 6.31. The molecule has 0 unspecified atom stereocenters. The molecular formula is C19H27N3O2. The summed E-state index contributed by atoms with van der Waals surface area (Å²) < 4.78 is 13.8. The first kappa shape index (κ1) is 17.0. The molecule has 1 aromatic carbocycles. The van der Waals surface area contributed by atoms with Crippen LogP contribution in [-0.2, 0) is 11.8 Å². The van der Waals surface area contributed by atoms with Crippen LogP contribution < -0.4 is 10.1 Å². The molecule has 0 amide bonds. The lowest BCUT2D eigenvalue weighted by Crippen LogP contribution is -2.29. The number of hydrogen-bond donors (Lipinski definition) is 1. The molecule has 130 valence electrons. The number of rotatable bonds is 7. The predicted molar refractivity (Wildman–Crippen MR) is 94.3 cm³/mol. The molecule has 24 heavy (non-hydrogen) atoms. The lowest BCUT2D eigenvalue weighted by molar-refractivity contribution is 0.0809. The highest BCUT2D eigenvalue weighted by atomic mass is 16.5. The van der Waals surface area contributed by atoms with E-state index in [2.05, 4.69) is 42.3 Å². The van der Waals surface area contributed by atoms with Crippen molar-refractivity contribution in [2.75, 3.05) is 26.3 Å². The third-order valence-corrected chi connectivity index (χ3v) is 4.48. The zero-order valence-corrected chi connectivity index (χ0v) is 14.8. The van der Waals surface area contributed by atoms with Crippen molar-refractivity contribution in [3.05, 3.63) is 47.5 Å². The molecule has 1 aliphatic rings. The zero-order chi connectivity index (χ0) is 16.9. The summed E-state index contributed by atoms with van der Waals surface area (Å²) in [5.74, 6) is 2.43. The summed E-state index contributed by atoms with van der Waals surface area (Å²) in [4.78, 5) is 4.43. The molecule has 0 bridgehead atoms. The second-order valence-corrected chi connectivity index (χ2v) is 6.61. The summed E-state index contributed by atoms with van der Waals surface area (Å²) in [7, 11) is 2.02. The zero-order valence-electron chi connectivity index (χ0n) is 14.8. The Morgan fingerprint density at radius 1 is 1.29 bits per heavy atom. The van der Waals surface area contributed by atoms with Gasteiger partial charge < -0.3 is 19.4 Å². The Hall–Kier alpha value is -1.85. The average molecular weight is 329 g/mol. The van der Waals surface area contributed by atoms with Gasteiger partial charge in [0.15, 0.2) is 0 Å². The van der Waals surface area contributed by atoms with Crippen LogP contribution in [-0.4, -0.2) is 35.9 Å². The van der Waals surface area contributed by atoms with E-state index in [-0.39, 0.29) is 6.10 Å². The summed E-state index contributed by atoms with van der Waals surface area (Å²) in [5.41, 5.74) is 2.47. The molecule has 0 saturated carbocycles.